The largest absolute Gasteiger partial charge is 0.495 e. The van der Waals surface area contributed by atoms with Gasteiger partial charge in [-0.05, 0) is 26.0 Å². The molecule has 0 spiro atoms. The zero-order chi connectivity index (χ0) is 16.1. The van der Waals surface area contributed by atoms with Crippen molar-refractivity contribution in [3.63, 3.8) is 0 Å². The molecule has 0 unspecified atom stereocenters. The second kappa shape index (κ2) is 7.35. The van der Waals surface area contributed by atoms with Crippen molar-refractivity contribution < 1.29 is 9.53 Å². The molecule has 2 rings (SSSR count). The van der Waals surface area contributed by atoms with Crippen molar-refractivity contribution in [2.45, 2.75) is 19.9 Å². The first-order valence-electron chi connectivity index (χ1n) is 7.69. The van der Waals surface area contributed by atoms with Crippen LogP contribution in [-0.2, 0) is 4.79 Å². The molecule has 6 heteroatoms. The summed E-state index contributed by atoms with van der Waals surface area (Å²) in [6.07, 6.45) is 0. The quantitative estimate of drug-likeness (QED) is 0.792. The lowest BCUT2D eigenvalue weighted by Crippen LogP contribution is -2.50. The van der Waals surface area contributed by atoms with Gasteiger partial charge in [0.25, 0.3) is 0 Å². The maximum atomic E-state index is 11.8. The molecule has 3 N–H and O–H groups in total. The van der Waals surface area contributed by atoms with Gasteiger partial charge in [-0.2, -0.15) is 0 Å². The SMILES string of the molecule is COc1cc(N2CCN(CC(=O)NC(C)C)CC2)ccc1N. The van der Waals surface area contributed by atoms with E-state index in [2.05, 4.69) is 15.1 Å². The van der Waals surface area contributed by atoms with Gasteiger partial charge < -0.3 is 20.7 Å². The lowest BCUT2D eigenvalue weighted by Gasteiger charge is -2.36. The highest BCUT2D eigenvalue weighted by Crippen LogP contribution is 2.27. The van der Waals surface area contributed by atoms with Gasteiger partial charge in [-0.25, -0.2) is 0 Å². The zero-order valence-corrected chi connectivity index (χ0v) is 13.6. The lowest BCUT2D eigenvalue weighted by atomic mass is 10.2. The number of amides is 1. The van der Waals surface area contributed by atoms with Gasteiger partial charge in [0.05, 0.1) is 19.3 Å². The van der Waals surface area contributed by atoms with E-state index >= 15 is 0 Å². The van der Waals surface area contributed by atoms with Gasteiger partial charge in [0.15, 0.2) is 0 Å². The number of methoxy groups -OCH3 is 1. The minimum atomic E-state index is 0.0950. The Hall–Kier alpha value is -1.95. The summed E-state index contributed by atoms with van der Waals surface area (Å²) in [5, 5.41) is 2.93. The lowest BCUT2D eigenvalue weighted by molar-refractivity contribution is -0.122. The molecule has 0 atom stereocenters. The normalized spacial score (nSPS) is 15.9. The van der Waals surface area contributed by atoms with Crippen molar-refractivity contribution >= 4 is 17.3 Å². The van der Waals surface area contributed by atoms with E-state index in [1.165, 1.54) is 0 Å². The predicted molar refractivity (Wildman–Crippen MR) is 89.3 cm³/mol. The van der Waals surface area contributed by atoms with Crippen LogP contribution in [0.25, 0.3) is 0 Å². The van der Waals surface area contributed by atoms with Gasteiger partial charge in [0, 0.05) is 44.0 Å². The summed E-state index contributed by atoms with van der Waals surface area (Å²) in [5.74, 6) is 0.800. The third-order valence-corrected chi connectivity index (χ3v) is 3.77. The molecular formula is C16H26N4O2. The van der Waals surface area contributed by atoms with Crippen molar-refractivity contribution in [2.24, 2.45) is 0 Å². The van der Waals surface area contributed by atoms with Crippen LogP contribution in [0.3, 0.4) is 0 Å². The highest BCUT2D eigenvalue weighted by molar-refractivity contribution is 5.78. The number of hydrogen-bond acceptors (Lipinski definition) is 5. The van der Waals surface area contributed by atoms with Crippen molar-refractivity contribution in [3.8, 4) is 5.75 Å². The highest BCUT2D eigenvalue weighted by atomic mass is 16.5. The summed E-state index contributed by atoms with van der Waals surface area (Å²) in [6, 6.07) is 6.04. The molecule has 0 saturated carbocycles. The van der Waals surface area contributed by atoms with E-state index in [1.54, 1.807) is 7.11 Å². The van der Waals surface area contributed by atoms with Crippen molar-refractivity contribution in [1.29, 1.82) is 0 Å². The Bertz CT molecular complexity index is 511. The molecule has 1 aromatic rings. The van der Waals surface area contributed by atoms with E-state index in [1.807, 2.05) is 32.0 Å². The zero-order valence-electron chi connectivity index (χ0n) is 13.6. The van der Waals surface area contributed by atoms with E-state index in [-0.39, 0.29) is 11.9 Å². The van der Waals surface area contributed by atoms with Crippen molar-refractivity contribution in [1.82, 2.24) is 10.2 Å². The molecule has 0 bridgehead atoms. The van der Waals surface area contributed by atoms with Crippen LogP contribution in [0.1, 0.15) is 13.8 Å². The van der Waals surface area contributed by atoms with Gasteiger partial charge in [-0.1, -0.05) is 0 Å². The highest BCUT2D eigenvalue weighted by Gasteiger charge is 2.20. The number of nitrogens with two attached hydrogens (primary N) is 1. The molecule has 1 aliphatic heterocycles. The van der Waals surface area contributed by atoms with Crippen LogP contribution in [0, 0.1) is 0 Å². The molecular weight excluding hydrogens is 280 g/mol. The minimum Gasteiger partial charge on any atom is -0.495 e. The molecule has 0 radical (unpaired) electrons. The molecule has 22 heavy (non-hydrogen) atoms. The maximum absolute atomic E-state index is 11.8. The second-order valence-electron chi connectivity index (χ2n) is 5.91. The molecule has 6 nitrogen and oxygen atoms in total. The Morgan fingerprint density at radius 3 is 2.59 bits per heavy atom. The molecule has 1 amide bonds. The van der Waals surface area contributed by atoms with Gasteiger partial charge in [0.2, 0.25) is 5.91 Å². The third-order valence-electron chi connectivity index (χ3n) is 3.77. The molecule has 0 aliphatic carbocycles. The Balaban J connectivity index is 1.88. The molecule has 0 aromatic heterocycles. The summed E-state index contributed by atoms with van der Waals surface area (Å²) in [6.45, 7) is 7.95. The number of nitrogen functional groups attached to an aromatic ring is 1. The Labute approximate surface area is 132 Å². The number of benzene rings is 1. The summed E-state index contributed by atoms with van der Waals surface area (Å²) in [4.78, 5) is 16.3. The van der Waals surface area contributed by atoms with E-state index in [4.69, 9.17) is 10.5 Å². The Morgan fingerprint density at radius 1 is 1.32 bits per heavy atom. The number of hydrogen-bond donors (Lipinski definition) is 2. The average molecular weight is 306 g/mol. The number of ether oxygens (including phenoxy) is 1. The molecule has 1 aromatic carbocycles. The summed E-state index contributed by atoms with van der Waals surface area (Å²) < 4.78 is 5.27. The summed E-state index contributed by atoms with van der Waals surface area (Å²) >= 11 is 0. The van der Waals surface area contributed by atoms with Crippen LogP contribution in [0.2, 0.25) is 0 Å². The number of rotatable bonds is 5. The van der Waals surface area contributed by atoms with E-state index in [9.17, 15) is 4.79 Å². The number of nitrogens with one attached hydrogen (secondary N) is 1. The van der Waals surface area contributed by atoms with E-state index in [0.717, 1.165) is 31.9 Å². The van der Waals surface area contributed by atoms with Gasteiger partial charge in [0.1, 0.15) is 5.75 Å². The van der Waals surface area contributed by atoms with Gasteiger partial charge in [-0.15, -0.1) is 0 Å². The fourth-order valence-corrected chi connectivity index (χ4v) is 2.63. The Morgan fingerprint density at radius 2 is 2.00 bits per heavy atom. The van der Waals surface area contributed by atoms with E-state index in [0.29, 0.717) is 18.0 Å². The monoisotopic (exact) mass is 306 g/mol. The summed E-state index contributed by atoms with van der Waals surface area (Å²) in [7, 11) is 1.63. The second-order valence-corrected chi connectivity index (χ2v) is 5.91. The fraction of sp³-hybridized carbons (Fsp3) is 0.562. The number of piperazine rings is 1. The van der Waals surface area contributed by atoms with Gasteiger partial charge >= 0.3 is 0 Å². The smallest absolute Gasteiger partial charge is 0.234 e. The first-order valence-corrected chi connectivity index (χ1v) is 7.69. The van der Waals surface area contributed by atoms with Crippen LogP contribution in [-0.4, -0.2) is 56.7 Å². The molecule has 1 aliphatic rings. The maximum Gasteiger partial charge on any atom is 0.234 e. The molecule has 1 saturated heterocycles. The van der Waals surface area contributed by atoms with Crippen LogP contribution in [0.4, 0.5) is 11.4 Å². The minimum absolute atomic E-state index is 0.0950. The van der Waals surface area contributed by atoms with Crippen molar-refractivity contribution in [3.05, 3.63) is 18.2 Å². The number of carbonyl (C=O) groups excluding carboxylic acids is 1. The first-order chi connectivity index (χ1) is 10.5. The molecule has 122 valence electrons. The van der Waals surface area contributed by atoms with Crippen LogP contribution < -0.4 is 20.7 Å². The van der Waals surface area contributed by atoms with E-state index < -0.39 is 0 Å². The average Bonchev–Trinajstić information content (AvgIpc) is 2.48. The first kappa shape index (κ1) is 16.4. The summed E-state index contributed by atoms with van der Waals surface area (Å²) in [5.41, 5.74) is 7.61. The van der Waals surface area contributed by atoms with Crippen molar-refractivity contribution in [2.75, 3.05) is 50.5 Å². The number of carbonyl (C=O) groups is 1. The van der Waals surface area contributed by atoms with Crippen LogP contribution in [0.5, 0.6) is 5.75 Å². The third kappa shape index (κ3) is 4.27. The van der Waals surface area contributed by atoms with Crippen LogP contribution >= 0.6 is 0 Å². The Kier molecular flexibility index (Phi) is 5.49. The predicted octanol–water partition coefficient (Wildman–Crippen LogP) is 0.924. The standard InChI is InChI=1S/C16H26N4O2/c1-12(2)18-16(21)11-19-6-8-20(9-7-19)13-4-5-14(17)15(10-13)22-3/h4-5,10,12H,6-9,11,17H2,1-3H3,(H,18,21). The van der Waals surface area contributed by atoms with Gasteiger partial charge in [-0.3, -0.25) is 9.69 Å². The van der Waals surface area contributed by atoms with Crippen LogP contribution in [0.15, 0.2) is 18.2 Å². The fourth-order valence-electron chi connectivity index (χ4n) is 2.63. The number of nitrogens with zero attached hydrogens (tertiary/aromatic N) is 2. The molecule has 1 heterocycles. The number of anilines is 2. The topological polar surface area (TPSA) is 70.8 Å². The molecule has 1 fully saturated rings.